The normalized spacial score (nSPS) is 9.33. The molecular weight excluding hydrogens is 242 g/mol. The molecule has 100 valence electrons. The largest absolute Gasteiger partial charge is 0.400 e. The smallest absolute Gasteiger partial charge is 0.302 e. The molecule has 0 heterocycles. The van der Waals surface area contributed by atoms with Crippen molar-refractivity contribution in [2.45, 2.75) is 20.3 Å². The molecule has 8 heteroatoms. The van der Waals surface area contributed by atoms with Gasteiger partial charge >= 0.3 is 5.69 Å². The fourth-order valence-electron chi connectivity index (χ4n) is 1.58. The van der Waals surface area contributed by atoms with E-state index in [1.165, 1.54) is 13.0 Å². The molecule has 0 aliphatic rings. The minimum atomic E-state index is -0.707. The molecule has 0 unspecified atom stereocenters. The van der Waals surface area contributed by atoms with E-state index in [2.05, 4.69) is 0 Å². The molecule has 0 aromatic heterocycles. The predicted molar refractivity (Wildman–Crippen MR) is 66.4 cm³/mol. The lowest BCUT2D eigenvalue weighted by Gasteiger charge is -2.06. The Labute approximate surface area is 103 Å². The summed E-state index contributed by atoms with van der Waals surface area (Å²) in [5, 5.41) is 28.5. The molecular formula is C10H15N3O5. The maximum Gasteiger partial charge on any atom is 0.302 e. The average molecular weight is 257 g/mol. The summed E-state index contributed by atoms with van der Waals surface area (Å²) in [7, 11) is 1.00. The van der Waals surface area contributed by atoms with Crippen molar-refractivity contribution in [3.05, 3.63) is 37.4 Å². The second-order valence-electron chi connectivity index (χ2n) is 3.31. The predicted octanol–water partition coefficient (Wildman–Crippen LogP) is 1.56. The van der Waals surface area contributed by atoms with Gasteiger partial charge in [-0.1, -0.05) is 6.92 Å². The van der Waals surface area contributed by atoms with Crippen LogP contribution in [-0.2, 0) is 6.42 Å². The Hall–Kier alpha value is -2.22. The number of nitro benzene ring substituents is 2. The summed E-state index contributed by atoms with van der Waals surface area (Å²) in [6.07, 6.45) is 0.480. The number of nitrogen functional groups attached to an aromatic ring is 1. The molecule has 0 amide bonds. The summed E-state index contributed by atoms with van der Waals surface area (Å²) in [6, 6.07) is 1.29. The lowest BCUT2D eigenvalue weighted by molar-refractivity contribution is -0.392. The number of hydrogen-bond acceptors (Lipinski definition) is 6. The fraction of sp³-hybridized carbons (Fsp3) is 0.400. The Balaban J connectivity index is 0.00000137. The summed E-state index contributed by atoms with van der Waals surface area (Å²) in [6.45, 7) is 3.31. The summed E-state index contributed by atoms with van der Waals surface area (Å²) in [5.41, 5.74) is 5.21. The molecule has 1 aromatic rings. The summed E-state index contributed by atoms with van der Waals surface area (Å²) in [5.74, 6) is 0. The highest BCUT2D eigenvalue weighted by atomic mass is 16.6. The minimum absolute atomic E-state index is 0.369. The second kappa shape index (κ2) is 6.50. The Morgan fingerprint density at radius 2 is 1.78 bits per heavy atom. The van der Waals surface area contributed by atoms with Crippen LogP contribution >= 0.6 is 0 Å². The van der Waals surface area contributed by atoms with Gasteiger partial charge in [-0.3, -0.25) is 20.2 Å². The first-order chi connectivity index (χ1) is 8.40. The van der Waals surface area contributed by atoms with Gasteiger partial charge in [0.1, 0.15) is 0 Å². The lowest BCUT2D eigenvalue weighted by Crippen LogP contribution is -2.05. The van der Waals surface area contributed by atoms with Crippen molar-refractivity contribution in [3.8, 4) is 0 Å². The van der Waals surface area contributed by atoms with Crippen molar-refractivity contribution in [2.24, 2.45) is 0 Å². The maximum atomic E-state index is 10.8. The number of hydrogen-bond donors (Lipinski definition) is 2. The van der Waals surface area contributed by atoms with E-state index >= 15 is 0 Å². The van der Waals surface area contributed by atoms with Crippen LogP contribution in [0.4, 0.5) is 17.1 Å². The molecule has 0 saturated carbocycles. The number of aliphatic hydroxyl groups is 1. The van der Waals surface area contributed by atoms with Crippen LogP contribution < -0.4 is 5.73 Å². The molecule has 3 N–H and O–H groups in total. The molecule has 18 heavy (non-hydrogen) atoms. The van der Waals surface area contributed by atoms with Crippen molar-refractivity contribution in [1.82, 2.24) is 0 Å². The quantitative estimate of drug-likeness (QED) is 0.479. The van der Waals surface area contributed by atoms with Gasteiger partial charge in [0.05, 0.1) is 9.85 Å². The van der Waals surface area contributed by atoms with E-state index in [0.717, 1.165) is 7.11 Å². The van der Waals surface area contributed by atoms with Crippen LogP contribution in [0.15, 0.2) is 6.07 Å². The number of aliphatic hydroxyl groups excluding tert-OH is 1. The molecule has 0 spiro atoms. The third kappa shape index (κ3) is 2.92. The second-order valence-corrected chi connectivity index (χ2v) is 3.31. The highest BCUT2D eigenvalue weighted by Gasteiger charge is 2.27. The van der Waals surface area contributed by atoms with Crippen LogP contribution in [0.2, 0.25) is 0 Å². The van der Waals surface area contributed by atoms with Gasteiger partial charge in [0.25, 0.3) is 5.69 Å². The van der Waals surface area contributed by atoms with Crippen molar-refractivity contribution in [2.75, 3.05) is 12.8 Å². The van der Waals surface area contributed by atoms with Crippen LogP contribution in [0.3, 0.4) is 0 Å². The van der Waals surface area contributed by atoms with Gasteiger partial charge in [0, 0.05) is 18.7 Å². The van der Waals surface area contributed by atoms with Crippen LogP contribution in [0.1, 0.15) is 18.1 Å². The fourth-order valence-corrected chi connectivity index (χ4v) is 1.58. The summed E-state index contributed by atoms with van der Waals surface area (Å²) in [4.78, 5) is 20.1. The number of nitrogens with zero attached hydrogens (tertiary/aromatic N) is 2. The zero-order chi connectivity index (χ0) is 14.5. The third-order valence-corrected chi connectivity index (χ3v) is 2.44. The molecule has 1 rings (SSSR count). The number of aryl methyl sites for hydroxylation is 1. The van der Waals surface area contributed by atoms with E-state index in [1.54, 1.807) is 6.92 Å². The van der Waals surface area contributed by atoms with Crippen LogP contribution in [0.25, 0.3) is 0 Å². The van der Waals surface area contributed by atoms with Gasteiger partial charge < -0.3 is 10.8 Å². The van der Waals surface area contributed by atoms with Crippen molar-refractivity contribution in [1.29, 1.82) is 0 Å². The Bertz CT molecular complexity index is 473. The zero-order valence-corrected chi connectivity index (χ0v) is 10.3. The first-order valence-corrected chi connectivity index (χ1v) is 5.05. The van der Waals surface area contributed by atoms with Gasteiger partial charge in [-0.2, -0.15) is 0 Å². The number of nitro groups is 2. The molecule has 0 fully saturated rings. The summed E-state index contributed by atoms with van der Waals surface area (Å²) >= 11 is 0. The van der Waals surface area contributed by atoms with Crippen molar-refractivity contribution < 1.29 is 15.0 Å². The van der Waals surface area contributed by atoms with E-state index in [1.807, 2.05) is 0 Å². The Morgan fingerprint density at radius 3 is 2.11 bits per heavy atom. The van der Waals surface area contributed by atoms with E-state index < -0.39 is 15.5 Å². The van der Waals surface area contributed by atoms with E-state index in [-0.39, 0.29) is 11.4 Å². The van der Waals surface area contributed by atoms with Gasteiger partial charge in [-0.15, -0.1) is 0 Å². The molecule has 0 saturated heterocycles. The average Bonchev–Trinajstić information content (AvgIpc) is 2.31. The van der Waals surface area contributed by atoms with E-state index in [0.29, 0.717) is 17.5 Å². The number of benzene rings is 1. The summed E-state index contributed by atoms with van der Waals surface area (Å²) < 4.78 is 0. The molecule has 0 aliphatic carbocycles. The van der Waals surface area contributed by atoms with Crippen LogP contribution in [0, 0.1) is 27.2 Å². The minimum Gasteiger partial charge on any atom is -0.400 e. The number of nitrogens with two attached hydrogens (primary N) is 1. The van der Waals surface area contributed by atoms with Crippen molar-refractivity contribution >= 4 is 17.1 Å². The van der Waals surface area contributed by atoms with E-state index in [4.69, 9.17) is 10.8 Å². The highest BCUT2D eigenvalue weighted by Crippen LogP contribution is 2.36. The Morgan fingerprint density at radius 1 is 1.28 bits per heavy atom. The first-order valence-electron chi connectivity index (χ1n) is 5.05. The van der Waals surface area contributed by atoms with Gasteiger partial charge in [-0.05, 0) is 18.9 Å². The van der Waals surface area contributed by atoms with Crippen LogP contribution in [0.5, 0.6) is 0 Å². The standard InChI is InChI=1S/C9H11N3O4.CH4O/c1-3-6-4-7(11(13)14)8(10)9(5(6)2)12(15)16;1-2/h4H,3,10H2,1-2H3;2H,1H3. The van der Waals surface area contributed by atoms with Crippen LogP contribution in [-0.4, -0.2) is 22.1 Å². The molecule has 8 nitrogen and oxygen atoms in total. The molecule has 0 bridgehead atoms. The molecule has 0 radical (unpaired) electrons. The number of anilines is 1. The molecule has 0 aliphatic heterocycles. The van der Waals surface area contributed by atoms with Gasteiger partial charge in [0.15, 0.2) is 5.69 Å². The third-order valence-electron chi connectivity index (χ3n) is 2.44. The maximum absolute atomic E-state index is 10.8. The van der Waals surface area contributed by atoms with Gasteiger partial charge in [0.2, 0.25) is 0 Å². The highest BCUT2D eigenvalue weighted by molar-refractivity contribution is 5.75. The Kier molecular flexibility index (Phi) is 5.70. The SMILES string of the molecule is CCc1cc([N+](=O)[O-])c(N)c([N+](=O)[O-])c1C.CO. The molecule has 0 atom stereocenters. The lowest BCUT2D eigenvalue weighted by atomic mass is 10.0. The van der Waals surface area contributed by atoms with Crippen molar-refractivity contribution in [3.63, 3.8) is 0 Å². The molecule has 1 aromatic carbocycles. The topological polar surface area (TPSA) is 133 Å². The monoisotopic (exact) mass is 257 g/mol. The number of rotatable bonds is 3. The zero-order valence-electron chi connectivity index (χ0n) is 10.3. The first kappa shape index (κ1) is 15.8. The van der Waals surface area contributed by atoms with Gasteiger partial charge in [-0.25, -0.2) is 0 Å². The van der Waals surface area contributed by atoms with E-state index in [9.17, 15) is 20.2 Å².